The van der Waals surface area contributed by atoms with E-state index >= 15 is 0 Å². The maximum atomic E-state index is 11.5. The molecule has 0 fully saturated rings. The van der Waals surface area contributed by atoms with Gasteiger partial charge in [0.2, 0.25) is 0 Å². The second-order valence-corrected chi connectivity index (χ2v) is 5.22. The van der Waals surface area contributed by atoms with Gasteiger partial charge in [0.25, 0.3) is 0 Å². The van der Waals surface area contributed by atoms with E-state index in [2.05, 4.69) is 10.1 Å². The molecule has 1 rings (SSSR count). The molecule has 0 bridgehead atoms. The van der Waals surface area contributed by atoms with Crippen molar-refractivity contribution in [3.8, 4) is 0 Å². The van der Waals surface area contributed by atoms with Gasteiger partial charge in [0, 0.05) is 12.6 Å². The van der Waals surface area contributed by atoms with Gasteiger partial charge >= 0.3 is 5.97 Å². The molecule has 2 atom stereocenters. The molecule has 0 aliphatic carbocycles. The van der Waals surface area contributed by atoms with Crippen LogP contribution in [0.5, 0.6) is 0 Å². The number of carbonyl (C=O) groups excluding carboxylic acids is 1. The molecule has 5 heteroatoms. The van der Waals surface area contributed by atoms with Crippen LogP contribution in [-0.2, 0) is 9.53 Å². The van der Waals surface area contributed by atoms with Crippen LogP contribution < -0.4 is 5.32 Å². The van der Waals surface area contributed by atoms with Crippen LogP contribution in [0.1, 0.15) is 35.6 Å². The van der Waals surface area contributed by atoms with Crippen molar-refractivity contribution in [3.05, 3.63) is 34.9 Å². The number of aliphatic hydroxyl groups is 2. The first-order valence-electron chi connectivity index (χ1n) is 7.15. The zero-order valence-corrected chi connectivity index (χ0v) is 12.9. The molecule has 0 saturated heterocycles. The van der Waals surface area contributed by atoms with Gasteiger partial charge in [-0.05, 0) is 37.9 Å². The predicted octanol–water partition coefficient (Wildman–Crippen LogP) is 1.24. The van der Waals surface area contributed by atoms with Crippen molar-refractivity contribution in [2.24, 2.45) is 0 Å². The number of aryl methyl sites for hydroxylation is 2. The first-order valence-corrected chi connectivity index (χ1v) is 7.15. The van der Waals surface area contributed by atoms with Crippen LogP contribution in [-0.4, -0.2) is 42.5 Å². The molecular weight excluding hydrogens is 270 g/mol. The molecule has 0 saturated carbocycles. The molecule has 21 heavy (non-hydrogen) atoms. The molecule has 3 N–H and O–H groups in total. The standard InChI is InChI=1S/C16H25NO4/c1-11-5-6-13(12(2)9-11)16(20)14(10-15(19)21-3)17-7-4-8-18/h5-6,9,14,16-18,20H,4,7-8,10H2,1-3H3. The van der Waals surface area contributed by atoms with Crippen LogP contribution in [0.3, 0.4) is 0 Å². The van der Waals surface area contributed by atoms with E-state index in [1.165, 1.54) is 7.11 Å². The highest BCUT2D eigenvalue weighted by Gasteiger charge is 2.24. The molecule has 0 amide bonds. The van der Waals surface area contributed by atoms with Gasteiger partial charge in [0.15, 0.2) is 0 Å². The van der Waals surface area contributed by atoms with Crippen molar-refractivity contribution in [1.82, 2.24) is 5.32 Å². The van der Waals surface area contributed by atoms with E-state index in [4.69, 9.17) is 5.11 Å². The Morgan fingerprint density at radius 1 is 1.38 bits per heavy atom. The molecule has 1 aromatic carbocycles. The average molecular weight is 295 g/mol. The van der Waals surface area contributed by atoms with Crippen molar-refractivity contribution in [2.45, 2.75) is 38.8 Å². The Morgan fingerprint density at radius 3 is 2.67 bits per heavy atom. The minimum Gasteiger partial charge on any atom is -0.469 e. The molecule has 1 aromatic rings. The van der Waals surface area contributed by atoms with Gasteiger partial charge in [-0.2, -0.15) is 0 Å². The van der Waals surface area contributed by atoms with Gasteiger partial charge in [0.05, 0.1) is 19.6 Å². The van der Waals surface area contributed by atoms with Gasteiger partial charge in [-0.3, -0.25) is 4.79 Å². The number of benzene rings is 1. The smallest absolute Gasteiger partial charge is 0.307 e. The summed E-state index contributed by atoms with van der Waals surface area (Å²) in [6.45, 7) is 4.53. The molecule has 0 aliphatic rings. The monoisotopic (exact) mass is 295 g/mol. The summed E-state index contributed by atoms with van der Waals surface area (Å²) in [5.41, 5.74) is 2.91. The minimum absolute atomic E-state index is 0.0671. The quantitative estimate of drug-likeness (QED) is 0.497. The number of aliphatic hydroxyl groups excluding tert-OH is 2. The van der Waals surface area contributed by atoms with Crippen LogP contribution in [0.15, 0.2) is 18.2 Å². The summed E-state index contributed by atoms with van der Waals surface area (Å²) >= 11 is 0. The Morgan fingerprint density at radius 2 is 2.10 bits per heavy atom. The molecular formula is C16H25NO4. The normalized spacial score (nSPS) is 13.8. The van der Waals surface area contributed by atoms with E-state index in [1.54, 1.807) is 0 Å². The summed E-state index contributed by atoms with van der Waals surface area (Å²) in [6, 6.07) is 5.38. The number of methoxy groups -OCH3 is 1. The lowest BCUT2D eigenvalue weighted by Gasteiger charge is -2.25. The van der Waals surface area contributed by atoms with Gasteiger partial charge in [0.1, 0.15) is 0 Å². The molecule has 2 unspecified atom stereocenters. The minimum atomic E-state index is -0.802. The van der Waals surface area contributed by atoms with Crippen LogP contribution >= 0.6 is 0 Å². The third kappa shape index (κ3) is 5.46. The average Bonchev–Trinajstić information content (AvgIpc) is 2.45. The molecule has 0 heterocycles. The lowest BCUT2D eigenvalue weighted by molar-refractivity contribution is -0.142. The van der Waals surface area contributed by atoms with Crippen molar-refractivity contribution in [3.63, 3.8) is 0 Å². The van der Waals surface area contributed by atoms with E-state index in [1.807, 2.05) is 32.0 Å². The summed E-state index contributed by atoms with van der Waals surface area (Å²) < 4.78 is 4.68. The van der Waals surface area contributed by atoms with E-state index in [-0.39, 0.29) is 19.0 Å². The van der Waals surface area contributed by atoms with E-state index in [0.717, 1.165) is 16.7 Å². The summed E-state index contributed by atoms with van der Waals surface area (Å²) in [5, 5.41) is 22.5. The maximum absolute atomic E-state index is 11.5. The van der Waals surface area contributed by atoms with E-state index in [0.29, 0.717) is 13.0 Å². The summed E-state index contributed by atoms with van der Waals surface area (Å²) in [4.78, 5) is 11.5. The van der Waals surface area contributed by atoms with Crippen LogP contribution in [0.25, 0.3) is 0 Å². The lowest BCUT2D eigenvalue weighted by Crippen LogP contribution is -2.38. The number of carbonyl (C=O) groups is 1. The van der Waals surface area contributed by atoms with E-state index < -0.39 is 12.1 Å². The number of hydrogen-bond donors (Lipinski definition) is 3. The summed E-state index contributed by atoms with van der Waals surface area (Å²) in [7, 11) is 1.33. The zero-order chi connectivity index (χ0) is 15.8. The fourth-order valence-electron chi connectivity index (χ4n) is 2.30. The van der Waals surface area contributed by atoms with E-state index in [9.17, 15) is 9.90 Å². The van der Waals surface area contributed by atoms with Crippen LogP contribution in [0.2, 0.25) is 0 Å². The Balaban J connectivity index is 2.86. The van der Waals surface area contributed by atoms with Crippen molar-refractivity contribution >= 4 is 5.97 Å². The number of ether oxygens (including phenoxy) is 1. The fraction of sp³-hybridized carbons (Fsp3) is 0.562. The zero-order valence-electron chi connectivity index (χ0n) is 12.9. The first kappa shape index (κ1) is 17.6. The number of rotatable bonds is 8. The first-order chi connectivity index (χ1) is 9.99. The van der Waals surface area contributed by atoms with Gasteiger partial charge < -0.3 is 20.3 Å². The lowest BCUT2D eigenvalue weighted by atomic mass is 9.94. The number of hydrogen-bond acceptors (Lipinski definition) is 5. The molecule has 118 valence electrons. The highest BCUT2D eigenvalue weighted by molar-refractivity contribution is 5.70. The summed E-state index contributed by atoms with van der Waals surface area (Å²) in [6.07, 6.45) is -0.156. The Labute approximate surface area is 125 Å². The number of nitrogens with one attached hydrogen (secondary N) is 1. The van der Waals surface area contributed by atoms with Crippen LogP contribution in [0.4, 0.5) is 0 Å². The van der Waals surface area contributed by atoms with Gasteiger partial charge in [-0.25, -0.2) is 0 Å². The maximum Gasteiger partial charge on any atom is 0.307 e. The molecule has 5 nitrogen and oxygen atoms in total. The third-order valence-electron chi connectivity index (χ3n) is 3.48. The highest BCUT2D eigenvalue weighted by atomic mass is 16.5. The molecule has 0 radical (unpaired) electrons. The predicted molar refractivity (Wildman–Crippen MR) is 81.0 cm³/mol. The van der Waals surface area contributed by atoms with Crippen molar-refractivity contribution in [1.29, 1.82) is 0 Å². The topological polar surface area (TPSA) is 78.8 Å². The molecule has 0 aliphatic heterocycles. The van der Waals surface area contributed by atoms with Gasteiger partial charge in [-0.15, -0.1) is 0 Å². The highest BCUT2D eigenvalue weighted by Crippen LogP contribution is 2.23. The van der Waals surface area contributed by atoms with Gasteiger partial charge in [-0.1, -0.05) is 23.8 Å². The second-order valence-electron chi connectivity index (χ2n) is 5.22. The third-order valence-corrected chi connectivity index (χ3v) is 3.48. The Hall–Kier alpha value is -1.43. The SMILES string of the molecule is COC(=O)CC(NCCCO)C(O)c1ccc(C)cc1C. The largest absolute Gasteiger partial charge is 0.469 e. The molecule has 0 spiro atoms. The second kappa shape index (κ2) is 8.77. The Bertz CT molecular complexity index is 462. The fourth-order valence-corrected chi connectivity index (χ4v) is 2.30. The van der Waals surface area contributed by atoms with Crippen molar-refractivity contribution < 1.29 is 19.7 Å². The van der Waals surface area contributed by atoms with Crippen LogP contribution in [0, 0.1) is 13.8 Å². The Kier molecular flexibility index (Phi) is 7.36. The van der Waals surface area contributed by atoms with Crippen molar-refractivity contribution in [2.75, 3.05) is 20.3 Å². The molecule has 0 aromatic heterocycles. The number of esters is 1. The summed E-state index contributed by atoms with van der Waals surface area (Å²) in [5.74, 6) is -0.375.